The molecule has 0 atom stereocenters. The first-order valence-electron chi connectivity index (χ1n) is 11.7. The minimum atomic E-state index is -0.287. The number of rotatable bonds is 5. The van der Waals surface area contributed by atoms with Gasteiger partial charge in [-0.2, -0.15) is 5.26 Å². The molecule has 186 valence electrons. The molecule has 36 heavy (non-hydrogen) atoms. The van der Waals surface area contributed by atoms with E-state index in [4.69, 9.17) is 16.9 Å². The van der Waals surface area contributed by atoms with Crippen molar-refractivity contribution in [3.05, 3.63) is 69.2 Å². The number of hydrogen-bond donors (Lipinski definition) is 0. The van der Waals surface area contributed by atoms with E-state index < -0.39 is 0 Å². The van der Waals surface area contributed by atoms with Crippen molar-refractivity contribution in [3.63, 3.8) is 0 Å². The molecule has 1 fully saturated rings. The number of halogens is 1. The zero-order valence-electron chi connectivity index (χ0n) is 20.3. The highest BCUT2D eigenvalue weighted by Crippen LogP contribution is 2.21. The van der Waals surface area contributed by atoms with Crippen LogP contribution in [0.15, 0.2) is 47.5 Å². The highest BCUT2D eigenvalue weighted by atomic mass is 35.5. The quantitative estimate of drug-likeness (QED) is 0.527. The Kier molecular flexibility index (Phi) is 7.55. The second-order valence-electron chi connectivity index (χ2n) is 8.90. The van der Waals surface area contributed by atoms with E-state index in [1.54, 1.807) is 32.2 Å². The standard InChI is InChI=1S/C26H27ClN6O3/c1-18(34)31-8-3-9-32(11-10-31)21-6-7-24-22(13-21)26(36)33(17-29-24)16-25(35)30(2)15-19-4-5-20(14-28)23(27)12-19/h4-7,12-13,17H,3,8-11,15-16H2,1-2H3. The van der Waals surface area contributed by atoms with Crippen LogP contribution in [0.5, 0.6) is 0 Å². The van der Waals surface area contributed by atoms with Gasteiger partial charge in [-0.3, -0.25) is 19.0 Å². The first-order valence-corrected chi connectivity index (χ1v) is 12.1. The number of benzene rings is 2. The van der Waals surface area contributed by atoms with Crippen LogP contribution >= 0.6 is 11.6 Å². The molecular formula is C26H27ClN6O3. The van der Waals surface area contributed by atoms with Crippen molar-refractivity contribution in [2.24, 2.45) is 0 Å². The monoisotopic (exact) mass is 506 g/mol. The van der Waals surface area contributed by atoms with Crippen LogP contribution in [0.25, 0.3) is 10.9 Å². The van der Waals surface area contributed by atoms with Crippen LogP contribution in [-0.2, 0) is 22.7 Å². The minimum absolute atomic E-state index is 0.0689. The fourth-order valence-corrected chi connectivity index (χ4v) is 4.57. The Morgan fingerprint density at radius 3 is 2.67 bits per heavy atom. The third-order valence-electron chi connectivity index (χ3n) is 6.42. The van der Waals surface area contributed by atoms with Crippen LogP contribution in [0, 0.1) is 11.3 Å². The summed E-state index contributed by atoms with van der Waals surface area (Å²) in [6, 6.07) is 12.6. The fourth-order valence-electron chi connectivity index (χ4n) is 4.32. The topological polar surface area (TPSA) is 103 Å². The average molecular weight is 507 g/mol. The Hall–Kier alpha value is -3.90. The van der Waals surface area contributed by atoms with Gasteiger partial charge in [0.1, 0.15) is 12.6 Å². The van der Waals surface area contributed by atoms with Gasteiger partial charge in [-0.05, 0) is 42.3 Å². The van der Waals surface area contributed by atoms with Crippen molar-refractivity contribution >= 4 is 40.0 Å². The highest BCUT2D eigenvalue weighted by molar-refractivity contribution is 6.31. The fraction of sp³-hybridized carbons (Fsp3) is 0.346. The van der Waals surface area contributed by atoms with Crippen LogP contribution in [0.3, 0.4) is 0 Å². The molecule has 2 aromatic carbocycles. The van der Waals surface area contributed by atoms with Gasteiger partial charge in [0.2, 0.25) is 11.8 Å². The zero-order valence-corrected chi connectivity index (χ0v) is 21.0. The normalized spacial score (nSPS) is 13.8. The SMILES string of the molecule is CC(=O)N1CCCN(c2ccc3ncn(CC(=O)N(C)Cc4ccc(C#N)c(Cl)c4)c(=O)c3c2)CC1. The number of carbonyl (C=O) groups is 2. The van der Waals surface area contributed by atoms with Gasteiger partial charge in [0.25, 0.3) is 5.56 Å². The van der Waals surface area contributed by atoms with Crippen LogP contribution in [0.4, 0.5) is 5.69 Å². The first-order chi connectivity index (χ1) is 17.3. The van der Waals surface area contributed by atoms with Gasteiger partial charge < -0.3 is 14.7 Å². The molecule has 0 saturated carbocycles. The molecule has 0 bridgehead atoms. The molecule has 0 spiro atoms. The first kappa shape index (κ1) is 25.2. The van der Waals surface area contributed by atoms with Crippen LogP contribution in [0.1, 0.15) is 24.5 Å². The molecule has 4 rings (SSSR count). The van der Waals surface area contributed by atoms with Gasteiger partial charge >= 0.3 is 0 Å². The summed E-state index contributed by atoms with van der Waals surface area (Å²) in [5.74, 6) is -0.189. The number of anilines is 1. The van der Waals surface area contributed by atoms with Gasteiger partial charge in [-0.25, -0.2) is 4.98 Å². The summed E-state index contributed by atoms with van der Waals surface area (Å²) in [4.78, 5) is 47.7. The Morgan fingerprint density at radius 2 is 1.94 bits per heavy atom. The Balaban J connectivity index is 1.50. The summed E-state index contributed by atoms with van der Waals surface area (Å²) >= 11 is 6.10. The van der Waals surface area contributed by atoms with Crippen molar-refractivity contribution in [3.8, 4) is 6.07 Å². The number of aromatic nitrogens is 2. The molecular weight excluding hydrogens is 480 g/mol. The number of amides is 2. The van der Waals surface area contributed by atoms with E-state index in [0.29, 0.717) is 34.6 Å². The molecule has 2 heterocycles. The maximum Gasteiger partial charge on any atom is 0.261 e. The maximum atomic E-state index is 13.2. The largest absolute Gasteiger partial charge is 0.370 e. The molecule has 0 radical (unpaired) electrons. The van der Waals surface area contributed by atoms with Gasteiger partial charge in [0.05, 0.1) is 27.8 Å². The summed E-state index contributed by atoms with van der Waals surface area (Å²) in [7, 11) is 1.65. The molecule has 1 aromatic heterocycles. The lowest BCUT2D eigenvalue weighted by Gasteiger charge is -2.23. The van der Waals surface area contributed by atoms with Crippen molar-refractivity contribution in [1.29, 1.82) is 5.26 Å². The molecule has 9 nitrogen and oxygen atoms in total. The van der Waals surface area contributed by atoms with Crippen LogP contribution in [0.2, 0.25) is 5.02 Å². The summed E-state index contributed by atoms with van der Waals surface area (Å²) < 4.78 is 1.32. The summed E-state index contributed by atoms with van der Waals surface area (Å²) in [6.45, 7) is 4.54. The summed E-state index contributed by atoms with van der Waals surface area (Å²) in [5, 5.41) is 9.80. The number of fused-ring (bicyclic) bond motifs is 1. The van der Waals surface area contributed by atoms with E-state index in [0.717, 1.165) is 30.8 Å². The van der Waals surface area contributed by atoms with Gasteiger partial charge in [0.15, 0.2) is 0 Å². The Morgan fingerprint density at radius 1 is 1.14 bits per heavy atom. The number of nitriles is 1. The third-order valence-corrected chi connectivity index (χ3v) is 6.73. The molecule has 0 unspecified atom stereocenters. The van der Waals surface area contributed by atoms with Gasteiger partial charge in [-0.15, -0.1) is 0 Å². The molecule has 10 heteroatoms. The molecule has 0 aliphatic carbocycles. The zero-order chi connectivity index (χ0) is 25.8. The number of nitrogens with zero attached hydrogens (tertiary/aromatic N) is 6. The van der Waals surface area contributed by atoms with Crippen molar-refractivity contribution < 1.29 is 9.59 Å². The van der Waals surface area contributed by atoms with Crippen LogP contribution < -0.4 is 10.5 Å². The lowest BCUT2D eigenvalue weighted by atomic mass is 10.1. The van der Waals surface area contributed by atoms with E-state index in [1.165, 1.54) is 15.8 Å². The maximum absolute atomic E-state index is 13.2. The Bertz CT molecular complexity index is 1410. The predicted octanol–water partition coefficient (Wildman–Crippen LogP) is 2.64. The van der Waals surface area contributed by atoms with E-state index in [9.17, 15) is 14.4 Å². The Labute approximate surface area is 214 Å². The molecule has 1 aliphatic heterocycles. The van der Waals surface area contributed by atoms with E-state index in [1.807, 2.05) is 29.2 Å². The minimum Gasteiger partial charge on any atom is -0.370 e. The van der Waals surface area contributed by atoms with Gasteiger partial charge in [-0.1, -0.05) is 17.7 Å². The lowest BCUT2D eigenvalue weighted by molar-refractivity contribution is -0.131. The molecule has 2 amide bonds. The number of hydrogen-bond acceptors (Lipinski definition) is 6. The van der Waals surface area contributed by atoms with E-state index in [2.05, 4.69) is 9.88 Å². The van der Waals surface area contributed by atoms with Crippen molar-refractivity contribution in [1.82, 2.24) is 19.4 Å². The molecule has 1 aliphatic rings. The van der Waals surface area contributed by atoms with Crippen molar-refractivity contribution in [2.45, 2.75) is 26.4 Å². The smallest absolute Gasteiger partial charge is 0.261 e. The van der Waals surface area contributed by atoms with E-state index in [-0.39, 0.29) is 30.5 Å². The van der Waals surface area contributed by atoms with Crippen molar-refractivity contribution in [2.75, 3.05) is 38.1 Å². The lowest BCUT2D eigenvalue weighted by Crippen LogP contribution is -2.34. The average Bonchev–Trinajstić information content (AvgIpc) is 3.12. The molecule has 0 N–H and O–H groups in total. The highest BCUT2D eigenvalue weighted by Gasteiger charge is 2.18. The molecule has 3 aromatic rings. The van der Waals surface area contributed by atoms with Crippen LogP contribution in [-0.4, -0.2) is 64.4 Å². The predicted molar refractivity (Wildman–Crippen MR) is 138 cm³/mol. The van der Waals surface area contributed by atoms with Gasteiger partial charge in [0, 0.05) is 52.4 Å². The third kappa shape index (κ3) is 5.50. The summed E-state index contributed by atoms with van der Waals surface area (Å²) in [6.07, 6.45) is 2.24. The number of likely N-dealkylation sites (N-methyl/N-ethyl adjacent to an activating group) is 1. The second-order valence-corrected chi connectivity index (χ2v) is 9.31. The van der Waals surface area contributed by atoms with E-state index >= 15 is 0 Å². The second kappa shape index (κ2) is 10.8. The summed E-state index contributed by atoms with van der Waals surface area (Å²) in [5.41, 5.74) is 2.33. The number of carbonyl (C=O) groups excluding carboxylic acids is 2. The molecule has 1 saturated heterocycles.